The predicted octanol–water partition coefficient (Wildman–Crippen LogP) is 2.10. The predicted molar refractivity (Wildman–Crippen MR) is 50.0 cm³/mol. The van der Waals surface area contributed by atoms with Crippen LogP contribution in [0.1, 0.15) is 36.9 Å². The van der Waals surface area contributed by atoms with E-state index in [9.17, 15) is 0 Å². The highest BCUT2D eigenvalue weighted by molar-refractivity contribution is 5.41. The van der Waals surface area contributed by atoms with Gasteiger partial charge in [0.05, 0.1) is 0 Å². The number of aromatic nitrogens is 1. The number of hydrogen-bond acceptors (Lipinski definition) is 2. The minimum absolute atomic E-state index is 0.707. The van der Waals surface area contributed by atoms with Gasteiger partial charge in [-0.25, -0.2) is 4.98 Å². The highest BCUT2D eigenvalue weighted by Crippen LogP contribution is 2.39. The van der Waals surface area contributed by atoms with Gasteiger partial charge in [0.1, 0.15) is 5.82 Å². The van der Waals surface area contributed by atoms with Gasteiger partial charge in [-0.2, -0.15) is 0 Å². The number of nitrogens with two attached hydrogens (primary N) is 1. The number of rotatable bonds is 2. The maximum Gasteiger partial charge on any atom is 0.126 e. The third-order valence-corrected chi connectivity index (χ3v) is 2.41. The van der Waals surface area contributed by atoms with Crippen LogP contribution >= 0.6 is 0 Å². The molecule has 1 aliphatic rings. The summed E-state index contributed by atoms with van der Waals surface area (Å²) in [5.74, 6) is 1.43. The molecule has 0 radical (unpaired) electrons. The van der Waals surface area contributed by atoms with Crippen molar-refractivity contribution in [3.63, 3.8) is 0 Å². The van der Waals surface area contributed by atoms with Crippen molar-refractivity contribution < 1.29 is 0 Å². The van der Waals surface area contributed by atoms with Crippen molar-refractivity contribution >= 4 is 5.82 Å². The van der Waals surface area contributed by atoms with Crippen molar-refractivity contribution in [1.29, 1.82) is 0 Å². The van der Waals surface area contributed by atoms with E-state index in [1.165, 1.54) is 24.1 Å². The highest BCUT2D eigenvalue weighted by atomic mass is 14.9. The van der Waals surface area contributed by atoms with Gasteiger partial charge in [-0.1, -0.05) is 13.0 Å². The van der Waals surface area contributed by atoms with E-state index in [0.29, 0.717) is 5.92 Å². The van der Waals surface area contributed by atoms with Crippen LogP contribution in [0.25, 0.3) is 0 Å². The van der Waals surface area contributed by atoms with E-state index < -0.39 is 0 Å². The van der Waals surface area contributed by atoms with E-state index in [1.54, 1.807) is 0 Å². The Bertz CT molecular complexity index is 290. The van der Waals surface area contributed by atoms with Crippen molar-refractivity contribution in [2.75, 3.05) is 5.73 Å². The van der Waals surface area contributed by atoms with Crippen molar-refractivity contribution in [2.24, 2.45) is 0 Å². The van der Waals surface area contributed by atoms with E-state index in [1.807, 2.05) is 0 Å². The van der Waals surface area contributed by atoms with Gasteiger partial charge in [0.25, 0.3) is 0 Å². The van der Waals surface area contributed by atoms with Crippen LogP contribution in [0.2, 0.25) is 0 Å². The zero-order valence-electron chi connectivity index (χ0n) is 7.38. The van der Waals surface area contributed by atoms with Gasteiger partial charge < -0.3 is 5.73 Å². The molecule has 0 unspecified atom stereocenters. The number of anilines is 1. The van der Waals surface area contributed by atoms with Gasteiger partial charge >= 0.3 is 0 Å². The molecule has 1 aromatic heterocycles. The van der Waals surface area contributed by atoms with Gasteiger partial charge in [-0.05, 0) is 30.9 Å². The lowest BCUT2D eigenvalue weighted by Gasteiger charge is -2.03. The molecule has 0 bridgehead atoms. The number of hydrogen-bond donors (Lipinski definition) is 1. The van der Waals surface area contributed by atoms with Crippen LogP contribution in [-0.4, -0.2) is 4.98 Å². The molecule has 1 saturated carbocycles. The van der Waals surface area contributed by atoms with E-state index in [2.05, 4.69) is 24.0 Å². The molecule has 0 amide bonds. The van der Waals surface area contributed by atoms with E-state index >= 15 is 0 Å². The van der Waals surface area contributed by atoms with Gasteiger partial charge in [0.2, 0.25) is 0 Å². The minimum Gasteiger partial charge on any atom is -0.383 e. The molecule has 64 valence electrons. The summed E-state index contributed by atoms with van der Waals surface area (Å²) in [5.41, 5.74) is 8.14. The molecule has 2 rings (SSSR count). The monoisotopic (exact) mass is 162 g/mol. The first-order valence-electron chi connectivity index (χ1n) is 4.56. The van der Waals surface area contributed by atoms with Crippen molar-refractivity contribution in [3.8, 4) is 0 Å². The van der Waals surface area contributed by atoms with Gasteiger partial charge in [0, 0.05) is 11.6 Å². The summed E-state index contributed by atoms with van der Waals surface area (Å²) in [6.45, 7) is 2.10. The highest BCUT2D eigenvalue weighted by Gasteiger charge is 2.25. The quantitative estimate of drug-likeness (QED) is 0.723. The number of pyridine rings is 1. The summed E-state index contributed by atoms with van der Waals surface area (Å²) in [6, 6.07) is 4.23. The third-order valence-electron chi connectivity index (χ3n) is 2.41. The van der Waals surface area contributed by atoms with Crippen LogP contribution in [0.15, 0.2) is 12.1 Å². The van der Waals surface area contributed by atoms with E-state index in [0.717, 1.165) is 12.2 Å². The Morgan fingerprint density at radius 2 is 2.25 bits per heavy atom. The molecule has 0 spiro atoms. The largest absolute Gasteiger partial charge is 0.383 e. The molecule has 0 atom stereocenters. The standard InChI is InChI=1S/C10H14N2/c1-2-7-5-6-9(8-3-4-8)12-10(7)11/h5-6,8H,2-4H2,1H3,(H2,11,12). The molecule has 0 aromatic carbocycles. The molecule has 12 heavy (non-hydrogen) atoms. The van der Waals surface area contributed by atoms with E-state index in [-0.39, 0.29) is 0 Å². The van der Waals surface area contributed by atoms with Crippen LogP contribution in [0, 0.1) is 0 Å². The maximum absolute atomic E-state index is 5.79. The lowest BCUT2D eigenvalue weighted by atomic mass is 10.1. The zero-order valence-corrected chi connectivity index (χ0v) is 7.38. The second-order valence-electron chi connectivity index (χ2n) is 3.41. The first-order chi connectivity index (χ1) is 5.81. The third kappa shape index (κ3) is 1.29. The molecular formula is C10H14N2. The number of nitrogen functional groups attached to an aromatic ring is 1. The first kappa shape index (κ1) is 7.59. The molecule has 0 aliphatic heterocycles. The molecule has 0 saturated heterocycles. The van der Waals surface area contributed by atoms with Crippen LogP contribution in [0.3, 0.4) is 0 Å². The molecule has 2 N–H and O–H groups in total. The maximum atomic E-state index is 5.79. The molecule has 1 aromatic rings. The molecule has 1 heterocycles. The Morgan fingerprint density at radius 3 is 2.75 bits per heavy atom. The normalized spacial score (nSPS) is 16.4. The van der Waals surface area contributed by atoms with Crippen molar-refractivity contribution in [2.45, 2.75) is 32.1 Å². The zero-order chi connectivity index (χ0) is 8.55. The van der Waals surface area contributed by atoms with Crippen molar-refractivity contribution in [1.82, 2.24) is 4.98 Å². The molecule has 2 heteroatoms. The van der Waals surface area contributed by atoms with Crippen LogP contribution < -0.4 is 5.73 Å². The van der Waals surface area contributed by atoms with Crippen molar-refractivity contribution in [3.05, 3.63) is 23.4 Å². The Hall–Kier alpha value is -1.05. The topological polar surface area (TPSA) is 38.9 Å². The van der Waals surface area contributed by atoms with Crippen LogP contribution in [0.5, 0.6) is 0 Å². The van der Waals surface area contributed by atoms with Gasteiger partial charge in [-0.15, -0.1) is 0 Å². The molecule has 1 fully saturated rings. The first-order valence-corrected chi connectivity index (χ1v) is 4.56. The lowest BCUT2D eigenvalue weighted by molar-refractivity contribution is 1.00. The molecule has 1 aliphatic carbocycles. The number of nitrogens with zero attached hydrogens (tertiary/aromatic N) is 1. The smallest absolute Gasteiger partial charge is 0.126 e. The summed E-state index contributed by atoms with van der Waals surface area (Å²) in [4.78, 5) is 4.38. The fourth-order valence-electron chi connectivity index (χ4n) is 1.42. The Kier molecular flexibility index (Phi) is 1.75. The molecule has 2 nitrogen and oxygen atoms in total. The SMILES string of the molecule is CCc1ccc(C2CC2)nc1N. The van der Waals surface area contributed by atoms with Crippen LogP contribution in [0.4, 0.5) is 5.82 Å². The van der Waals surface area contributed by atoms with Gasteiger partial charge in [0.15, 0.2) is 0 Å². The average molecular weight is 162 g/mol. The Morgan fingerprint density at radius 1 is 1.50 bits per heavy atom. The fraction of sp³-hybridized carbons (Fsp3) is 0.500. The summed E-state index contributed by atoms with van der Waals surface area (Å²) in [6.07, 6.45) is 3.56. The molecular weight excluding hydrogens is 148 g/mol. The summed E-state index contributed by atoms with van der Waals surface area (Å²) < 4.78 is 0. The average Bonchev–Trinajstić information content (AvgIpc) is 2.86. The Labute approximate surface area is 72.8 Å². The summed E-state index contributed by atoms with van der Waals surface area (Å²) >= 11 is 0. The second kappa shape index (κ2) is 2.77. The van der Waals surface area contributed by atoms with Gasteiger partial charge in [-0.3, -0.25) is 0 Å². The second-order valence-corrected chi connectivity index (χ2v) is 3.41. The summed E-state index contributed by atoms with van der Waals surface area (Å²) in [5, 5.41) is 0. The number of aryl methyl sites for hydroxylation is 1. The lowest BCUT2D eigenvalue weighted by Crippen LogP contribution is -1.99. The minimum atomic E-state index is 0.707. The van der Waals surface area contributed by atoms with E-state index in [4.69, 9.17) is 5.73 Å². The van der Waals surface area contributed by atoms with Crippen LogP contribution in [-0.2, 0) is 6.42 Å². The summed E-state index contributed by atoms with van der Waals surface area (Å²) in [7, 11) is 0. The Balaban J connectivity index is 2.30. The fourth-order valence-corrected chi connectivity index (χ4v) is 1.42.